The number of aryl methyl sites for hydroxylation is 1. The molecule has 0 aliphatic carbocycles. The van der Waals surface area contributed by atoms with Gasteiger partial charge >= 0.3 is 6.18 Å². The average molecular weight is 382 g/mol. The molecule has 3 N–H and O–H groups in total. The normalized spacial score (nSPS) is 19.8. The van der Waals surface area contributed by atoms with Crippen LogP contribution in [0.4, 0.5) is 18.9 Å². The van der Waals surface area contributed by atoms with Gasteiger partial charge < -0.3 is 15.7 Å². The lowest BCUT2D eigenvalue weighted by atomic mass is 10.1. The number of anilines is 1. The van der Waals surface area contributed by atoms with Crippen LogP contribution in [0, 0.1) is 6.92 Å². The molecule has 2 aromatic rings. The quantitative estimate of drug-likeness (QED) is 0.752. The van der Waals surface area contributed by atoms with Crippen LogP contribution >= 0.6 is 11.3 Å². The number of hydrogen-bond donors (Lipinski definition) is 3. The van der Waals surface area contributed by atoms with Crippen molar-refractivity contribution in [3.8, 4) is 10.4 Å². The fourth-order valence-corrected chi connectivity index (χ4v) is 3.39. The number of hydrogen-bond acceptors (Lipinski definition) is 6. The van der Waals surface area contributed by atoms with E-state index in [1.807, 2.05) is 25.1 Å². The van der Waals surface area contributed by atoms with Crippen LogP contribution in [0.1, 0.15) is 17.5 Å². The van der Waals surface area contributed by atoms with Crippen molar-refractivity contribution in [3.05, 3.63) is 46.7 Å². The Hall–Kier alpha value is -2.39. The monoisotopic (exact) mass is 382 g/mol. The van der Waals surface area contributed by atoms with E-state index in [1.54, 1.807) is 6.20 Å². The van der Waals surface area contributed by atoms with E-state index in [0.717, 1.165) is 28.3 Å². The molecular weight excluding hydrogens is 365 g/mol. The third-order valence-corrected chi connectivity index (χ3v) is 4.73. The Kier molecular flexibility index (Phi) is 4.76. The number of thiazole rings is 1. The minimum atomic E-state index is -4.48. The summed E-state index contributed by atoms with van der Waals surface area (Å²) in [4.78, 5) is 9.08. The molecule has 1 atom stereocenters. The number of halogens is 3. The highest BCUT2D eigenvalue weighted by Gasteiger charge is 2.39. The van der Waals surface area contributed by atoms with E-state index in [9.17, 15) is 13.2 Å². The number of nitrogens with one attached hydrogen (secondary N) is 2. The van der Waals surface area contributed by atoms with Crippen molar-refractivity contribution < 1.29 is 18.3 Å². The first kappa shape index (κ1) is 18.4. The van der Waals surface area contributed by atoms with Gasteiger partial charge in [0, 0.05) is 18.1 Å². The number of benzene rings is 1. The van der Waals surface area contributed by atoms with E-state index in [2.05, 4.69) is 20.6 Å². The lowest BCUT2D eigenvalue weighted by molar-refractivity contribution is -0.0990. The number of rotatable bonds is 4. The van der Waals surface area contributed by atoms with E-state index < -0.39 is 17.7 Å². The second-order valence-electron chi connectivity index (χ2n) is 6.04. The molecule has 0 saturated heterocycles. The number of aliphatic hydroxyl groups excluding tert-OH is 1. The first-order valence-electron chi connectivity index (χ1n) is 7.75. The maximum absolute atomic E-state index is 13.0. The third kappa shape index (κ3) is 4.05. The molecule has 0 bridgehead atoms. The van der Waals surface area contributed by atoms with Crippen molar-refractivity contribution in [1.82, 2.24) is 10.3 Å². The molecule has 138 valence electrons. The predicted octanol–water partition coefficient (Wildman–Crippen LogP) is 3.82. The molecule has 1 aliphatic heterocycles. The summed E-state index contributed by atoms with van der Waals surface area (Å²) in [6.07, 6.45) is -0.771. The molecule has 26 heavy (non-hydrogen) atoms. The number of aromatic nitrogens is 1. The molecule has 2 heterocycles. The van der Waals surface area contributed by atoms with Gasteiger partial charge in [0.2, 0.25) is 5.79 Å². The second kappa shape index (κ2) is 6.73. The maximum Gasteiger partial charge on any atom is 0.431 e. The first-order valence-corrected chi connectivity index (χ1v) is 8.57. The summed E-state index contributed by atoms with van der Waals surface area (Å²) in [5.74, 6) is -1.32. The zero-order chi connectivity index (χ0) is 18.9. The second-order valence-corrected chi connectivity index (χ2v) is 7.16. The Balaban J connectivity index is 1.86. The van der Waals surface area contributed by atoms with Gasteiger partial charge in [0.25, 0.3) is 0 Å². The van der Waals surface area contributed by atoms with Crippen LogP contribution in [-0.4, -0.2) is 28.3 Å². The number of allylic oxidation sites excluding steroid dienone is 2. The van der Waals surface area contributed by atoms with Gasteiger partial charge in [-0.3, -0.25) is 0 Å². The summed E-state index contributed by atoms with van der Waals surface area (Å²) in [5.41, 5.74) is 1.55. The van der Waals surface area contributed by atoms with Crippen LogP contribution in [0.3, 0.4) is 0 Å². The summed E-state index contributed by atoms with van der Waals surface area (Å²) in [5, 5.41) is 15.2. The van der Waals surface area contributed by atoms with Crippen LogP contribution in [0.2, 0.25) is 0 Å². The van der Waals surface area contributed by atoms with E-state index in [4.69, 9.17) is 5.11 Å². The van der Waals surface area contributed by atoms with E-state index in [1.165, 1.54) is 18.3 Å². The number of alkyl halides is 3. The summed E-state index contributed by atoms with van der Waals surface area (Å²) < 4.78 is 38.9. The highest BCUT2D eigenvalue weighted by Crippen LogP contribution is 2.32. The summed E-state index contributed by atoms with van der Waals surface area (Å²) >= 11 is 1.36. The SMILES string of the molecule is Cc1cc(NC2(C)N=CC=C(C(F)(F)F)N2)cc(-c2cnc(CO)s2)c1. The van der Waals surface area contributed by atoms with Gasteiger partial charge in [0.05, 0.1) is 11.5 Å². The Morgan fingerprint density at radius 2 is 2.08 bits per heavy atom. The Morgan fingerprint density at radius 3 is 2.73 bits per heavy atom. The van der Waals surface area contributed by atoms with Gasteiger partial charge in [0.1, 0.15) is 10.7 Å². The van der Waals surface area contributed by atoms with Crippen LogP contribution < -0.4 is 10.6 Å². The van der Waals surface area contributed by atoms with Crippen LogP contribution in [0.15, 0.2) is 41.2 Å². The van der Waals surface area contributed by atoms with Gasteiger partial charge in [-0.1, -0.05) is 6.07 Å². The van der Waals surface area contributed by atoms with Gasteiger partial charge in [-0.15, -0.1) is 11.3 Å². The van der Waals surface area contributed by atoms with Crippen LogP contribution in [0.5, 0.6) is 0 Å². The molecule has 0 fully saturated rings. The maximum atomic E-state index is 13.0. The average Bonchev–Trinajstić information content (AvgIpc) is 3.02. The van der Waals surface area contributed by atoms with Gasteiger partial charge in [-0.25, -0.2) is 9.98 Å². The fraction of sp³-hybridized carbons (Fsp3) is 0.294. The number of nitrogens with zero attached hydrogens (tertiary/aromatic N) is 2. The fourth-order valence-electron chi connectivity index (χ4n) is 2.62. The lowest BCUT2D eigenvalue weighted by Crippen LogP contribution is -2.51. The molecule has 0 spiro atoms. The van der Waals surface area contributed by atoms with Gasteiger partial charge in [-0.05, 0) is 43.2 Å². The molecule has 9 heteroatoms. The summed E-state index contributed by atoms with van der Waals surface area (Å²) in [6, 6.07) is 5.59. The molecule has 1 unspecified atom stereocenters. The van der Waals surface area contributed by atoms with Crippen molar-refractivity contribution in [2.45, 2.75) is 32.4 Å². The third-order valence-electron chi connectivity index (χ3n) is 3.70. The summed E-state index contributed by atoms with van der Waals surface area (Å²) in [6.45, 7) is 3.29. The molecule has 0 radical (unpaired) electrons. The number of aliphatic hydroxyl groups is 1. The van der Waals surface area contributed by atoms with Gasteiger partial charge in [-0.2, -0.15) is 13.2 Å². The van der Waals surface area contributed by atoms with Crippen molar-refractivity contribution in [3.63, 3.8) is 0 Å². The van der Waals surface area contributed by atoms with E-state index in [-0.39, 0.29) is 6.61 Å². The molecule has 1 aliphatic rings. The summed E-state index contributed by atoms with van der Waals surface area (Å²) in [7, 11) is 0. The molecule has 5 nitrogen and oxygen atoms in total. The zero-order valence-electron chi connectivity index (χ0n) is 14.1. The highest BCUT2D eigenvalue weighted by molar-refractivity contribution is 7.15. The minimum Gasteiger partial charge on any atom is -0.389 e. The molecular formula is C17H17F3N4OS. The first-order chi connectivity index (χ1) is 12.2. The predicted molar refractivity (Wildman–Crippen MR) is 96.0 cm³/mol. The van der Waals surface area contributed by atoms with Crippen LogP contribution in [0.25, 0.3) is 10.4 Å². The molecule has 1 aromatic carbocycles. The smallest absolute Gasteiger partial charge is 0.389 e. The van der Waals surface area contributed by atoms with Crippen molar-refractivity contribution in [2.75, 3.05) is 5.32 Å². The molecule has 1 aromatic heterocycles. The molecule has 0 saturated carbocycles. The highest BCUT2D eigenvalue weighted by atomic mass is 32.1. The Morgan fingerprint density at radius 1 is 1.31 bits per heavy atom. The van der Waals surface area contributed by atoms with Crippen molar-refractivity contribution in [2.24, 2.45) is 4.99 Å². The lowest BCUT2D eigenvalue weighted by Gasteiger charge is -2.33. The van der Waals surface area contributed by atoms with E-state index >= 15 is 0 Å². The topological polar surface area (TPSA) is 69.5 Å². The Labute approximate surface area is 152 Å². The van der Waals surface area contributed by atoms with Crippen LogP contribution in [-0.2, 0) is 6.61 Å². The standard InChI is InChI=1S/C17H17F3N4OS/c1-10-5-11(13-8-21-15(9-25)26-13)7-12(6-10)23-16(2)22-4-3-14(24-16)17(18,19)20/h3-8,23-25H,9H2,1-2H3. The van der Waals surface area contributed by atoms with Crippen molar-refractivity contribution in [1.29, 1.82) is 0 Å². The number of aliphatic imine (C=N–C) groups is 1. The Bertz CT molecular complexity index is 875. The zero-order valence-corrected chi connectivity index (χ0v) is 14.9. The van der Waals surface area contributed by atoms with E-state index in [0.29, 0.717) is 10.7 Å². The van der Waals surface area contributed by atoms with Gasteiger partial charge in [0.15, 0.2) is 0 Å². The van der Waals surface area contributed by atoms with Crippen molar-refractivity contribution >= 4 is 23.2 Å². The largest absolute Gasteiger partial charge is 0.431 e. The molecule has 3 rings (SSSR count). The molecule has 0 amide bonds. The minimum absolute atomic E-state index is 0.134.